The Morgan fingerprint density at radius 1 is 1.21 bits per heavy atom. The lowest BCUT2D eigenvalue weighted by molar-refractivity contribution is 0.614. The molecule has 3 heterocycles. The van der Waals surface area contributed by atoms with E-state index in [0.717, 1.165) is 42.7 Å². The summed E-state index contributed by atoms with van der Waals surface area (Å²) in [5.74, 6) is 1.26. The summed E-state index contributed by atoms with van der Waals surface area (Å²) >= 11 is 0. The van der Waals surface area contributed by atoms with Crippen molar-refractivity contribution in [2.24, 2.45) is 4.99 Å². The molecule has 1 aliphatic rings. The summed E-state index contributed by atoms with van der Waals surface area (Å²) in [6.45, 7) is 2.94. The normalized spacial score (nSPS) is 13.0. The SMILES string of the molecule is CCCNc1nc(Nc2ccc3c(c2)N=CCC3)nc2ccoc12. The number of nitrogens with zero attached hydrogens (tertiary/aromatic N) is 3. The Balaban J connectivity index is 1.65. The Hall–Kier alpha value is -2.89. The van der Waals surface area contributed by atoms with Gasteiger partial charge in [0.05, 0.1) is 12.0 Å². The van der Waals surface area contributed by atoms with E-state index in [-0.39, 0.29) is 0 Å². The maximum absolute atomic E-state index is 5.49. The zero-order valence-corrected chi connectivity index (χ0v) is 13.5. The maximum atomic E-state index is 5.49. The number of fused-ring (bicyclic) bond motifs is 2. The van der Waals surface area contributed by atoms with Crippen LogP contribution < -0.4 is 10.6 Å². The third-order valence-corrected chi connectivity index (χ3v) is 3.96. The Morgan fingerprint density at radius 2 is 2.17 bits per heavy atom. The molecule has 1 aliphatic heterocycles. The summed E-state index contributed by atoms with van der Waals surface area (Å²) in [6, 6.07) is 8.03. The smallest absolute Gasteiger partial charge is 0.229 e. The number of furan rings is 1. The quantitative estimate of drug-likeness (QED) is 0.726. The van der Waals surface area contributed by atoms with E-state index in [0.29, 0.717) is 17.3 Å². The van der Waals surface area contributed by atoms with E-state index in [1.165, 1.54) is 5.56 Å². The molecule has 6 nitrogen and oxygen atoms in total. The minimum Gasteiger partial charge on any atom is -0.459 e. The van der Waals surface area contributed by atoms with Gasteiger partial charge in [-0.2, -0.15) is 4.98 Å². The number of benzene rings is 1. The molecule has 0 atom stereocenters. The Labute approximate surface area is 140 Å². The largest absolute Gasteiger partial charge is 0.459 e. The molecule has 0 aliphatic carbocycles. The summed E-state index contributed by atoms with van der Waals surface area (Å²) in [5.41, 5.74) is 4.68. The molecule has 0 amide bonds. The minimum atomic E-state index is 0.544. The first-order valence-corrected chi connectivity index (χ1v) is 8.25. The second-order valence-corrected chi connectivity index (χ2v) is 5.78. The highest BCUT2D eigenvalue weighted by molar-refractivity contribution is 5.85. The summed E-state index contributed by atoms with van der Waals surface area (Å²) in [6.07, 6.45) is 6.66. The van der Waals surface area contributed by atoms with E-state index < -0.39 is 0 Å². The van der Waals surface area contributed by atoms with Crippen LogP contribution in [0.4, 0.5) is 23.1 Å². The van der Waals surface area contributed by atoms with Crippen molar-refractivity contribution in [2.75, 3.05) is 17.2 Å². The van der Waals surface area contributed by atoms with E-state index in [4.69, 9.17) is 4.42 Å². The molecule has 3 aromatic rings. The average Bonchev–Trinajstić information content (AvgIpc) is 3.08. The summed E-state index contributed by atoms with van der Waals surface area (Å²) in [5, 5.41) is 6.57. The van der Waals surface area contributed by atoms with Crippen molar-refractivity contribution >= 4 is 40.5 Å². The van der Waals surface area contributed by atoms with Crippen LogP contribution >= 0.6 is 0 Å². The molecule has 0 spiro atoms. The zero-order valence-electron chi connectivity index (χ0n) is 13.5. The fourth-order valence-electron chi connectivity index (χ4n) is 2.77. The van der Waals surface area contributed by atoms with Crippen LogP contribution in [0.5, 0.6) is 0 Å². The number of hydrogen-bond donors (Lipinski definition) is 2. The van der Waals surface area contributed by atoms with Crippen LogP contribution in [-0.4, -0.2) is 22.7 Å². The molecule has 4 rings (SSSR count). The summed E-state index contributed by atoms with van der Waals surface area (Å²) in [7, 11) is 0. The van der Waals surface area contributed by atoms with Crippen molar-refractivity contribution in [3.05, 3.63) is 36.1 Å². The van der Waals surface area contributed by atoms with Gasteiger partial charge in [-0.05, 0) is 37.0 Å². The van der Waals surface area contributed by atoms with Crippen molar-refractivity contribution in [1.82, 2.24) is 9.97 Å². The highest BCUT2D eigenvalue weighted by Gasteiger charge is 2.12. The first-order chi connectivity index (χ1) is 11.8. The number of rotatable bonds is 5. The van der Waals surface area contributed by atoms with E-state index >= 15 is 0 Å². The van der Waals surface area contributed by atoms with Crippen LogP contribution in [0.15, 0.2) is 39.9 Å². The monoisotopic (exact) mass is 321 g/mol. The fourth-order valence-corrected chi connectivity index (χ4v) is 2.77. The van der Waals surface area contributed by atoms with E-state index in [1.54, 1.807) is 6.26 Å². The van der Waals surface area contributed by atoms with Gasteiger partial charge in [0, 0.05) is 24.5 Å². The van der Waals surface area contributed by atoms with Gasteiger partial charge in [0.2, 0.25) is 5.95 Å². The zero-order chi connectivity index (χ0) is 16.4. The van der Waals surface area contributed by atoms with Gasteiger partial charge >= 0.3 is 0 Å². The van der Waals surface area contributed by atoms with Crippen LogP contribution in [0.2, 0.25) is 0 Å². The number of aryl methyl sites for hydroxylation is 1. The second-order valence-electron chi connectivity index (χ2n) is 5.78. The average molecular weight is 321 g/mol. The van der Waals surface area contributed by atoms with Gasteiger partial charge in [-0.25, -0.2) is 4.98 Å². The van der Waals surface area contributed by atoms with Crippen LogP contribution in [0.1, 0.15) is 25.3 Å². The van der Waals surface area contributed by atoms with E-state index in [2.05, 4.69) is 38.6 Å². The lowest BCUT2D eigenvalue weighted by atomic mass is 10.1. The predicted octanol–water partition coefficient (Wildman–Crippen LogP) is 4.44. The van der Waals surface area contributed by atoms with Gasteiger partial charge in [0.1, 0.15) is 5.52 Å². The Morgan fingerprint density at radius 3 is 3.08 bits per heavy atom. The third-order valence-electron chi connectivity index (χ3n) is 3.96. The van der Waals surface area contributed by atoms with Crippen LogP contribution in [0.3, 0.4) is 0 Å². The first kappa shape index (κ1) is 14.7. The molecule has 0 saturated heterocycles. The van der Waals surface area contributed by atoms with Crippen LogP contribution in [0.25, 0.3) is 11.1 Å². The summed E-state index contributed by atoms with van der Waals surface area (Å²) in [4.78, 5) is 13.5. The summed E-state index contributed by atoms with van der Waals surface area (Å²) < 4.78 is 5.49. The topological polar surface area (TPSA) is 75.3 Å². The predicted molar refractivity (Wildman–Crippen MR) is 96.8 cm³/mol. The highest BCUT2D eigenvalue weighted by Crippen LogP contribution is 2.29. The van der Waals surface area contributed by atoms with Gasteiger partial charge < -0.3 is 15.1 Å². The molecule has 2 N–H and O–H groups in total. The molecule has 0 fully saturated rings. The number of aromatic nitrogens is 2. The molecule has 0 bridgehead atoms. The van der Waals surface area contributed by atoms with Gasteiger partial charge in [0.25, 0.3) is 0 Å². The van der Waals surface area contributed by atoms with Crippen LogP contribution in [0, 0.1) is 0 Å². The molecule has 0 saturated carbocycles. The molecule has 24 heavy (non-hydrogen) atoms. The Bertz CT molecular complexity index is 900. The van der Waals surface area contributed by atoms with Crippen molar-refractivity contribution in [3.8, 4) is 0 Å². The molecule has 1 aromatic carbocycles. The molecule has 0 radical (unpaired) electrons. The van der Waals surface area contributed by atoms with E-state index in [1.807, 2.05) is 24.4 Å². The molecular formula is C18H19N5O. The van der Waals surface area contributed by atoms with Crippen LogP contribution in [-0.2, 0) is 6.42 Å². The standard InChI is InChI=1S/C18H19N5O/c1-2-8-20-17-16-14(7-10-24-16)22-18(23-17)21-13-6-5-12-4-3-9-19-15(12)11-13/h5-7,9-11H,2-4,8H2,1H3,(H2,20,21,22,23). The van der Waals surface area contributed by atoms with Crippen molar-refractivity contribution in [1.29, 1.82) is 0 Å². The van der Waals surface area contributed by atoms with Crippen molar-refractivity contribution in [3.63, 3.8) is 0 Å². The minimum absolute atomic E-state index is 0.544. The van der Waals surface area contributed by atoms with Crippen molar-refractivity contribution in [2.45, 2.75) is 26.2 Å². The van der Waals surface area contributed by atoms with Gasteiger partial charge in [-0.1, -0.05) is 13.0 Å². The number of anilines is 3. The number of nitrogens with one attached hydrogen (secondary N) is 2. The number of aliphatic imine (C=N–C) groups is 1. The van der Waals surface area contributed by atoms with Gasteiger partial charge in [-0.3, -0.25) is 4.99 Å². The molecule has 2 aromatic heterocycles. The second kappa shape index (κ2) is 6.31. The lowest BCUT2D eigenvalue weighted by Crippen LogP contribution is -2.05. The molecular weight excluding hydrogens is 302 g/mol. The van der Waals surface area contributed by atoms with Crippen molar-refractivity contribution < 1.29 is 4.42 Å². The number of hydrogen-bond acceptors (Lipinski definition) is 6. The molecule has 122 valence electrons. The van der Waals surface area contributed by atoms with Gasteiger partial charge in [0.15, 0.2) is 11.4 Å². The first-order valence-electron chi connectivity index (χ1n) is 8.25. The fraction of sp³-hybridized carbons (Fsp3) is 0.278. The van der Waals surface area contributed by atoms with Gasteiger partial charge in [-0.15, -0.1) is 0 Å². The maximum Gasteiger partial charge on any atom is 0.229 e. The van der Waals surface area contributed by atoms with E-state index in [9.17, 15) is 0 Å². The molecule has 6 heteroatoms. The highest BCUT2D eigenvalue weighted by atomic mass is 16.3. The third kappa shape index (κ3) is 2.82. The lowest BCUT2D eigenvalue weighted by Gasteiger charge is -2.12. The Kier molecular flexibility index (Phi) is 3.86. The molecule has 0 unspecified atom stereocenters.